The lowest BCUT2D eigenvalue weighted by Gasteiger charge is -2.31. The molecule has 3 N–H and O–H groups in total. The molecular formula is C27H32N2O5. The van der Waals surface area contributed by atoms with Gasteiger partial charge >= 0.3 is 12.1 Å². The Morgan fingerprint density at radius 2 is 1.62 bits per heavy atom. The summed E-state index contributed by atoms with van der Waals surface area (Å²) >= 11 is 0. The summed E-state index contributed by atoms with van der Waals surface area (Å²) in [5, 5.41) is 14.9. The molecule has 4 rings (SSSR count). The number of nitrogens with one attached hydrogen (secondary N) is 2. The predicted molar refractivity (Wildman–Crippen MR) is 128 cm³/mol. The van der Waals surface area contributed by atoms with E-state index in [-0.39, 0.29) is 24.9 Å². The number of alkyl carbamates (subject to hydrolysis) is 1. The molecular weight excluding hydrogens is 432 g/mol. The van der Waals surface area contributed by atoms with E-state index in [1.165, 1.54) is 0 Å². The number of benzene rings is 2. The molecule has 2 aromatic rings. The third kappa shape index (κ3) is 4.93. The minimum Gasteiger partial charge on any atom is -0.481 e. The molecule has 7 heteroatoms. The molecule has 0 unspecified atom stereocenters. The number of aliphatic carboxylic acids is 1. The van der Waals surface area contributed by atoms with Gasteiger partial charge in [0.15, 0.2) is 0 Å². The van der Waals surface area contributed by atoms with Crippen LogP contribution in [0.1, 0.15) is 68.9 Å². The van der Waals surface area contributed by atoms with E-state index < -0.39 is 23.6 Å². The van der Waals surface area contributed by atoms with Crippen LogP contribution < -0.4 is 10.6 Å². The summed E-state index contributed by atoms with van der Waals surface area (Å²) in [6.45, 7) is 2.12. The van der Waals surface area contributed by atoms with Crippen molar-refractivity contribution in [2.45, 2.75) is 69.4 Å². The van der Waals surface area contributed by atoms with E-state index in [9.17, 15) is 19.5 Å². The summed E-state index contributed by atoms with van der Waals surface area (Å²) in [6.07, 6.45) is 3.21. The second-order valence-electron chi connectivity index (χ2n) is 9.30. The summed E-state index contributed by atoms with van der Waals surface area (Å²) in [6, 6.07) is 15.8. The average molecular weight is 465 g/mol. The van der Waals surface area contributed by atoms with Crippen LogP contribution in [0.5, 0.6) is 0 Å². The van der Waals surface area contributed by atoms with E-state index in [1.54, 1.807) is 0 Å². The molecule has 180 valence electrons. The maximum absolute atomic E-state index is 13.2. The predicted octanol–water partition coefficient (Wildman–Crippen LogP) is 4.60. The SMILES string of the molecule is CCC[C@@H](CC(=O)O)NC(=O)C1(NC(=O)OCC2c3ccccc3-c3ccccc32)CCCC1. The van der Waals surface area contributed by atoms with Gasteiger partial charge < -0.3 is 20.5 Å². The molecule has 7 nitrogen and oxygen atoms in total. The number of carbonyl (C=O) groups excluding carboxylic acids is 2. The van der Waals surface area contributed by atoms with Gasteiger partial charge in [-0.05, 0) is 41.5 Å². The van der Waals surface area contributed by atoms with Crippen molar-refractivity contribution in [1.29, 1.82) is 0 Å². The van der Waals surface area contributed by atoms with Gasteiger partial charge in [0.25, 0.3) is 0 Å². The highest BCUT2D eigenvalue weighted by Gasteiger charge is 2.44. The third-order valence-corrected chi connectivity index (χ3v) is 6.97. The van der Waals surface area contributed by atoms with Crippen LogP contribution in [0.4, 0.5) is 4.79 Å². The van der Waals surface area contributed by atoms with Crippen LogP contribution in [0.25, 0.3) is 11.1 Å². The fourth-order valence-electron chi connectivity index (χ4n) is 5.33. The molecule has 2 aliphatic carbocycles. The first kappa shape index (κ1) is 23.8. The quantitative estimate of drug-likeness (QED) is 0.503. The largest absolute Gasteiger partial charge is 0.481 e. The van der Waals surface area contributed by atoms with E-state index in [0.717, 1.165) is 41.5 Å². The van der Waals surface area contributed by atoms with Gasteiger partial charge in [0.1, 0.15) is 12.1 Å². The number of hydrogen-bond donors (Lipinski definition) is 3. The summed E-state index contributed by atoms with van der Waals surface area (Å²) in [7, 11) is 0. The van der Waals surface area contributed by atoms with E-state index >= 15 is 0 Å². The molecule has 0 aromatic heterocycles. The van der Waals surface area contributed by atoms with Crippen molar-refractivity contribution < 1.29 is 24.2 Å². The van der Waals surface area contributed by atoms with Crippen LogP contribution in [0.3, 0.4) is 0 Å². The molecule has 2 aromatic carbocycles. The van der Waals surface area contributed by atoms with E-state index in [1.807, 2.05) is 31.2 Å². The molecule has 0 radical (unpaired) electrons. The van der Waals surface area contributed by atoms with E-state index in [2.05, 4.69) is 34.9 Å². The number of hydrogen-bond acceptors (Lipinski definition) is 4. The second-order valence-corrected chi connectivity index (χ2v) is 9.30. The highest BCUT2D eigenvalue weighted by Crippen LogP contribution is 2.44. The number of carbonyl (C=O) groups is 3. The summed E-state index contributed by atoms with van der Waals surface area (Å²) in [5.74, 6) is -1.34. The number of ether oxygens (including phenoxy) is 1. The van der Waals surface area contributed by atoms with Gasteiger partial charge in [-0.1, -0.05) is 74.7 Å². The monoisotopic (exact) mass is 464 g/mol. The first-order chi connectivity index (χ1) is 16.4. The van der Waals surface area contributed by atoms with Crippen LogP contribution in [0.2, 0.25) is 0 Å². The van der Waals surface area contributed by atoms with Gasteiger partial charge in [-0.2, -0.15) is 0 Å². The number of fused-ring (bicyclic) bond motifs is 3. The maximum atomic E-state index is 13.2. The van der Waals surface area contributed by atoms with Crippen molar-refractivity contribution in [1.82, 2.24) is 10.6 Å². The molecule has 0 saturated heterocycles. The van der Waals surface area contributed by atoms with Gasteiger partial charge in [0.05, 0.1) is 6.42 Å². The van der Waals surface area contributed by atoms with Crippen LogP contribution >= 0.6 is 0 Å². The second kappa shape index (κ2) is 10.3. The molecule has 2 amide bonds. The Hall–Kier alpha value is -3.35. The molecule has 1 fully saturated rings. The van der Waals surface area contributed by atoms with Gasteiger partial charge in [0.2, 0.25) is 5.91 Å². The normalized spacial score (nSPS) is 16.9. The van der Waals surface area contributed by atoms with Crippen molar-refractivity contribution in [3.63, 3.8) is 0 Å². The third-order valence-electron chi connectivity index (χ3n) is 6.97. The van der Waals surface area contributed by atoms with E-state index in [4.69, 9.17) is 4.74 Å². The lowest BCUT2D eigenvalue weighted by Crippen LogP contribution is -2.59. The van der Waals surface area contributed by atoms with Crippen molar-refractivity contribution in [3.05, 3.63) is 59.7 Å². The standard InChI is InChI=1S/C27H32N2O5/c1-2-9-18(16-24(30)31)28-25(32)27(14-7-8-15-27)29-26(33)34-17-23-21-12-5-3-10-19(21)20-11-4-6-13-22(20)23/h3-6,10-13,18,23H,2,7-9,14-17H2,1H3,(H,28,32)(H,29,33)(H,30,31)/t18-/m0/s1. The van der Waals surface area contributed by atoms with E-state index in [0.29, 0.717) is 19.3 Å². The highest BCUT2D eigenvalue weighted by atomic mass is 16.5. The molecule has 1 saturated carbocycles. The van der Waals surface area contributed by atoms with Crippen molar-refractivity contribution >= 4 is 18.0 Å². The zero-order valence-corrected chi connectivity index (χ0v) is 19.5. The van der Waals surface area contributed by atoms with Crippen LogP contribution in [0, 0.1) is 0 Å². The Bertz CT molecular complexity index is 1010. The van der Waals surface area contributed by atoms with Crippen molar-refractivity contribution in [3.8, 4) is 11.1 Å². The van der Waals surface area contributed by atoms with Gasteiger partial charge in [-0.15, -0.1) is 0 Å². The minimum atomic E-state index is -1.06. The number of amides is 2. The highest BCUT2D eigenvalue weighted by molar-refractivity contribution is 5.91. The molecule has 0 bridgehead atoms. The maximum Gasteiger partial charge on any atom is 0.408 e. The number of carboxylic acids is 1. The van der Waals surface area contributed by atoms with Gasteiger partial charge in [0, 0.05) is 12.0 Å². The van der Waals surface area contributed by atoms with Gasteiger partial charge in [-0.3, -0.25) is 9.59 Å². The Morgan fingerprint density at radius 1 is 1.03 bits per heavy atom. The summed E-state index contributed by atoms with van der Waals surface area (Å²) in [5.41, 5.74) is 3.49. The fraction of sp³-hybridized carbons (Fsp3) is 0.444. The number of carboxylic acid groups (broad SMARTS) is 1. The van der Waals surface area contributed by atoms with Crippen LogP contribution in [-0.2, 0) is 14.3 Å². The van der Waals surface area contributed by atoms with Gasteiger partial charge in [-0.25, -0.2) is 4.79 Å². The Labute approximate surface area is 199 Å². The Morgan fingerprint density at radius 3 is 2.18 bits per heavy atom. The van der Waals surface area contributed by atoms with Crippen molar-refractivity contribution in [2.24, 2.45) is 0 Å². The molecule has 34 heavy (non-hydrogen) atoms. The smallest absolute Gasteiger partial charge is 0.408 e. The lowest BCUT2D eigenvalue weighted by atomic mass is 9.95. The lowest BCUT2D eigenvalue weighted by molar-refractivity contribution is -0.138. The average Bonchev–Trinajstić information content (AvgIpc) is 3.41. The Kier molecular flexibility index (Phi) is 7.20. The minimum absolute atomic E-state index is 0.0593. The zero-order chi connectivity index (χ0) is 24.1. The molecule has 0 heterocycles. The zero-order valence-electron chi connectivity index (χ0n) is 19.5. The summed E-state index contributed by atoms with van der Waals surface area (Å²) < 4.78 is 5.67. The summed E-state index contributed by atoms with van der Waals surface area (Å²) in [4.78, 5) is 37.2. The fourth-order valence-corrected chi connectivity index (χ4v) is 5.33. The molecule has 1 atom stereocenters. The van der Waals surface area contributed by atoms with Crippen molar-refractivity contribution in [2.75, 3.05) is 6.61 Å². The van der Waals surface area contributed by atoms with Crippen LogP contribution in [0.15, 0.2) is 48.5 Å². The first-order valence-electron chi connectivity index (χ1n) is 12.1. The number of rotatable bonds is 9. The topological polar surface area (TPSA) is 105 Å². The first-order valence-corrected chi connectivity index (χ1v) is 12.1. The molecule has 2 aliphatic rings. The van der Waals surface area contributed by atoms with Crippen LogP contribution in [-0.4, -0.2) is 41.3 Å². The molecule has 0 spiro atoms. The molecule has 0 aliphatic heterocycles. The Balaban J connectivity index is 1.43.